The van der Waals surface area contributed by atoms with Gasteiger partial charge in [-0.2, -0.15) is 0 Å². The molecule has 0 saturated carbocycles. The molecule has 1 nitrogen and oxygen atoms in total. The number of rotatable bonds is 3. The first kappa shape index (κ1) is 11.9. The molecular weight excluding hydrogens is 227 g/mol. The Hall–Kier alpha value is -0.600. The molecule has 16 heavy (non-hydrogen) atoms. The van der Waals surface area contributed by atoms with Crippen molar-refractivity contribution in [2.24, 2.45) is 5.92 Å². The van der Waals surface area contributed by atoms with Crippen molar-refractivity contribution in [2.75, 3.05) is 6.61 Å². The molecule has 0 amide bonds. The van der Waals surface area contributed by atoms with Gasteiger partial charge in [-0.25, -0.2) is 4.39 Å². The monoisotopic (exact) mass is 242 g/mol. The van der Waals surface area contributed by atoms with Crippen LogP contribution in [0.5, 0.6) is 0 Å². The van der Waals surface area contributed by atoms with E-state index in [0.29, 0.717) is 17.9 Å². The SMILES string of the molecule is CC1OCCC1C(Cl)Cc1ccccc1F. The molecule has 0 radical (unpaired) electrons. The minimum atomic E-state index is -0.167. The number of alkyl halides is 1. The van der Waals surface area contributed by atoms with Gasteiger partial charge in [0.1, 0.15) is 5.82 Å². The zero-order chi connectivity index (χ0) is 11.5. The molecule has 1 heterocycles. The van der Waals surface area contributed by atoms with Gasteiger partial charge in [0.05, 0.1) is 6.10 Å². The van der Waals surface area contributed by atoms with Crippen LogP contribution in [0.25, 0.3) is 0 Å². The summed E-state index contributed by atoms with van der Waals surface area (Å²) in [4.78, 5) is 0. The number of hydrogen-bond donors (Lipinski definition) is 0. The molecule has 88 valence electrons. The Kier molecular flexibility index (Phi) is 3.82. The van der Waals surface area contributed by atoms with E-state index >= 15 is 0 Å². The highest BCUT2D eigenvalue weighted by molar-refractivity contribution is 6.21. The molecule has 3 heteroatoms. The summed E-state index contributed by atoms with van der Waals surface area (Å²) in [5, 5.41) is -0.0469. The summed E-state index contributed by atoms with van der Waals surface area (Å²) in [5.41, 5.74) is 0.696. The average Bonchev–Trinajstić information content (AvgIpc) is 2.68. The third-order valence-corrected chi connectivity index (χ3v) is 3.75. The molecule has 1 aromatic rings. The third kappa shape index (κ3) is 2.55. The summed E-state index contributed by atoms with van der Waals surface area (Å²) >= 11 is 6.34. The summed E-state index contributed by atoms with van der Waals surface area (Å²) < 4.78 is 18.9. The van der Waals surface area contributed by atoms with Gasteiger partial charge in [0.25, 0.3) is 0 Å². The summed E-state index contributed by atoms with van der Waals surface area (Å²) in [6, 6.07) is 6.82. The molecule has 1 aliphatic heterocycles. The van der Waals surface area contributed by atoms with Gasteiger partial charge >= 0.3 is 0 Å². The van der Waals surface area contributed by atoms with Gasteiger partial charge in [0.2, 0.25) is 0 Å². The third-order valence-electron chi connectivity index (χ3n) is 3.27. The molecule has 2 rings (SSSR count). The first-order valence-electron chi connectivity index (χ1n) is 5.67. The summed E-state index contributed by atoms with van der Waals surface area (Å²) in [5.74, 6) is 0.168. The zero-order valence-electron chi connectivity index (χ0n) is 9.33. The second-order valence-corrected chi connectivity index (χ2v) is 4.90. The minimum Gasteiger partial charge on any atom is -0.378 e. The predicted molar refractivity (Wildman–Crippen MR) is 63.3 cm³/mol. The summed E-state index contributed by atoms with van der Waals surface area (Å²) in [6.07, 6.45) is 1.74. The van der Waals surface area contributed by atoms with E-state index in [1.807, 2.05) is 13.0 Å². The molecule has 3 atom stereocenters. The highest BCUT2D eigenvalue weighted by Gasteiger charge is 2.30. The lowest BCUT2D eigenvalue weighted by Gasteiger charge is -2.20. The molecule has 1 aliphatic rings. The van der Waals surface area contributed by atoms with Crippen LogP contribution in [-0.4, -0.2) is 18.1 Å². The summed E-state index contributed by atoms with van der Waals surface area (Å²) in [7, 11) is 0. The first-order valence-corrected chi connectivity index (χ1v) is 6.11. The maximum atomic E-state index is 13.4. The highest BCUT2D eigenvalue weighted by atomic mass is 35.5. The topological polar surface area (TPSA) is 9.23 Å². The minimum absolute atomic E-state index is 0.0469. The van der Waals surface area contributed by atoms with Crippen molar-refractivity contribution in [3.63, 3.8) is 0 Å². The van der Waals surface area contributed by atoms with E-state index in [9.17, 15) is 4.39 Å². The zero-order valence-corrected chi connectivity index (χ0v) is 10.1. The fraction of sp³-hybridized carbons (Fsp3) is 0.538. The standard InChI is InChI=1S/C13H16ClFO/c1-9-11(6-7-16-9)12(14)8-10-4-2-3-5-13(10)15/h2-5,9,11-12H,6-8H2,1H3. The molecular formula is C13H16ClFO. The smallest absolute Gasteiger partial charge is 0.126 e. The first-order chi connectivity index (χ1) is 7.68. The van der Waals surface area contributed by atoms with Gasteiger partial charge in [-0.3, -0.25) is 0 Å². The maximum absolute atomic E-state index is 13.4. The van der Waals surface area contributed by atoms with Crippen molar-refractivity contribution in [1.29, 1.82) is 0 Å². The Morgan fingerprint density at radius 1 is 1.50 bits per heavy atom. The average molecular weight is 243 g/mol. The Bertz CT molecular complexity index is 356. The van der Waals surface area contributed by atoms with Crippen LogP contribution in [0.2, 0.25) is 0 Å². The van der Waals surface area contributed by atoms with E-state index < -0.39 is 0 Å². The molecule has 3 unspecified atom stereocenters. The molecule has 0 aliphatic carbocycles. The number of hydrogen-bond acceptors (Lipinski definition) is 1. The largest absolute Gasteiger partial charge is 0.378 e. The molecule has 0 N–H and O–H groups in total. The number of halogens is 2. The second-order valence-electron chi connectivity index (χ2n) is 4.34. The van der Waals surface area contributed by atoms with Gasteiger partial charge in [-0.05, 0) is 31.4 Å². The lowest BCUT2D eigenvalue weighted by Crippen LogP contribution is -2.24. The van der Waals surface area contributed by atoms with Crippen LogP contribution in [0.15, 0.2) is 24.3 Å². The van der Waals surface area contributed by atoms with Crippen LogP contribution < -0.4 is 0 Å². The van der Waals surface area contributed by atoms with E-state index in [2.05, 4.69) is 0 Å². The van der Waals surface area contributed by atoms with Crippen molar-refractivity contribution in [1.82, 2.24) is 0 Å². The van der Waals surface area contributed by atoms with Gasteiger partial charge in [-0.15, -0.1) is 11.6 Å². The van der Waals surface area contributed by atoms with Crippen molar-refractivity contribution in [2.45, 2.75) is 31.2 Å². The molecule has 1 fully saturated rings. The van der Waals surface area contributed by atoms with Crippen molar-refractivity contribution in [3.8, 4) is 0 Å². The van der Waals surface area contributed by atoms with Crippen LogP contribution >= 0.6 is 11.6 Å². The molecule has 1 aromatic carbocycles. The molecule has 0 aromatic heterocycles. The van der Waals surface area contributed by atoms with Gasteiger partial charge in [-0.1, -0.05) is 18.2 Å². The predicted octanol–water partition coefficient (Wildman–Crippen LogP) is 3.40. The van der Waals surface area contributed by atoms with E-state index in [1.54, 1.807) is 12.1 Å². The Labute approximate surface area is 101 Å². The quantitative estimate of drug-likeness (QED) is 0.739. The Morgan fingerprint density at radius 3 is 2.88 bits per heavy atom. The normalized spacial score (nSPS) is 26.9. The second kappa shape index (κ2) is 5.15. The fourth-order valence-corrected chi connectivity index (χ4v) is 2.75. The van der Waals surface area contributed by atoms with E-state index in [4.69, 9.17) is 16.3 Å². The molecule has 1 saturated heterocycles. The Morgan fingerprint density at radius 2 is 2.25 bits per heavy atom. The van der Waals surface area contributed by atoms with Gasteiger partial charge < -0.3 is 4.74 Å². The van der Waals surface area contributed by atoms with Gasteiger partial charge in [0, 0.05) is 17.9 Å². The fourth-order valence-electron chi connectivity index (χ4n) is 2.25. The van der Waals surface area contributed by atoms with E-state index in [-0.39, 0.29) is 17.3 Å². The van der Waals surface area contributed by atoms with E-state index in [0.717, 1.165) is 13.0 Å². The Balaban J connectivity index is 2.02. The van der Waals surface area contributed by atoms with Crippen LogP contribution in [0, 0.1) is 11.7 Å². The van der Waals surface area contributed by atoms with Crippen molar-refractivity contribution >= 4 is 11.6 Å². The maximum Gasteiger partial charge on any atom is 0.126 e. The van der Waals surface area contributed by atoms with Crippen LogP contribution in [0.1, 0.15) is 18.9 Å². The number of ether oxygens (including phenoxy) is 1. The van der Waals surface area contributed by atoms with Crippen LogP contribution in [0.3, 0.4) is 0 Å². The van der Waals surface area contributed by atoms with Crippen molar-refractivity contribution in [3.05, 3.63) is 35.6 Å². The van der Waals surface area contributed by atoms with Crippen LogP contribution in [0.4, 0.5) is 4.39 Å². The number of benzene rings is 1. The van der Waals surface area contributed by atoms with Crippen LogP contribution in [-0.2, 0) is 11.2 Å². The van der Waals surface area contributed by atoms with E-state index in [1.165, 1.54) is 6.07 Å². The summed E-state index contributed by atoms with van der Waals surface area (Å²) in [6.45, 7) is 2.81. The highest BCUT2D eigenvalue weighted by Crippen LogP contribution is 2.29. The molecule has 0 spiro atoms. The lowest BCUT2D eigenvalue weighted by atomic mass is 9.93. The lowest BCUT2D eigenvalue weighted by molar-refractivity contribution is 0.105. The van der Waals surface area contributed by atoms with Gasteiger partial charge in [0.15, 0.2) is 0 Å². The molecule has 0 bridgehead atoms. The van der Waals surface area contributed by atoms with Crippen molar-refractivity contribution < 1.29 is 9.13 Å².